The summed E-state index contributed by atoms with van der Waals surface area (Å²) >= 11 is 0. The van der Waals surface area contributed by atoms with Crippen molar-refractivity contribution in [3.05, 3.63) is 0 Å². The Morgan fingerprint density at radius 2 is 1.85 bits per heavy atom. The van der Waals surface area contributed by atoms with Crippen LogP contribution in [-0.2, 0) is 9.59 Å². The molecular formula is C10H12O3. The van der Waals surface area contributed by atoms with Crippen molar-refractivity contribution in [3.63, 3.8) is 0 Å². The van der Waals surface area contributed by atoms with Gasteiger partial charge in [0.05, 0.1) is 5.41 Å². The molecule has 0 aromatic heterocycles. The monoisotopic (exact) mass is 180 g/mol. The van der Waals surface area contributed by atoms with Crippen molar-refractivity contribution in [3.8, 4) is 11.8 Å². The number of carbonyl (C=O) groups excluding carboxylic acids is 2. The molecule has 0 amide bonds. The van der Waals surface area contributed by atoms with E-state index < -0.39 is 5.41 Å². The maximum Gasteiger partial charge on any atom is 0.147 e. The third-order valence-corrected chi connectivity index (χ3v) is 2.46. The molecule has 70 valence electrons. The number of carbonyl (C=O) groups is 2. The van der Waals surface area contributed by atoms with Gasteiger partial charge in [0.25, 0.3) is 0 Å². The predicted octanol–water partition coefficient (Wildman–Crippen LogP) is 0.310. The van der Waals surface area contributed by atoms with Gasteiger partial charge in [0.2, 0.25) is 0 Å². The van der Waals surface area contributed by atoms with E-state index in [1.165, 1.54) is 0 Å². The van der Waals surface area contributed by atoms with E-state index in [1.54, 1.807) is 6.92 Å². The Hall–Kier alpha value is -1.14. The summed E-state index contributed by atoms with van der Waals surface area (Å²) in [6.45, 7) is 1.41. The Morgan fingerprint density at radius 3 is 2.31 bits per heavy atom. The van der Waals surface area contributed by atoms with Crippen LogP contribution in [0.3, 0.4) is 0 Å². The molecule has 1 rings (SSSR count). The minimum absolute atomic E-state index is 0.0234. The van der Waals surface area contributed by atoms with Crippen molar-refractivity contribution in [1.82, 2.24) is 0 Å². The molecule has 1 aliphatic rings. The quantitative estimate of drug-likeness (QED) is 0.466. The molecule has 0 saturated heterocycles. The Bertz CT molecular complexity index is 277. The lowest BCUT2D eigenvalue weighted by atomic mass is 9.83. The zero-order valence-corrected chi connectivity index (χ0v) is 7.59. The van der Waals surface area contributed by atoms with Gasteiger partial charge in [-0.05, 0) is 6.92 Å². The van der Waals surface area contributed by atoms with E-state index in [4.69, 9.17) is 5.11 Å². The highest BCUT2D eigenvalue weighted by Crippen LogP contribution is 2.33. The summed E-state index contributed by atoms with van der Waals surface area (Å²) < 4.78 is 0. The molecule has 0 aromatic rings. The van der Waals surface area contributed by atoms with E-state index >= 15 is 0 Å². The van der Waals surface area contributed by atoms with Crippen LogP contribution in [0.5, 0.6) is 0 Å². The molecule has 0 atom stereocenters. The molecule has 1 aliphatic carbocycles. The molecule has 3 heteroatoms. The lowest BCUT2D eigenvalue weighted by molar-refractivity contribution is -0.133. The maximum atomic E-state index is 11.3. The van der Waals surface area contributed by atoms with Crippen LogP contribution >= 0.6 is 0 Å². The third kappa shape index (κ3) is 1.78. The second kappa shape index (κ2) is 3.71. The molecule has 0 radical (unpaired) electrons. The number of ketones is 2. The van der Waals surface area contributed by atoms with Crippen molar-refractivity contribution in [2.24, 2.45) is 5.41 Å². The van der Waals surface area contributed by atoms with Crippen LogP contribution in [0.25, 0.3) is 0 Å². The molecule has 0 spiro atoms. The number of aliphatic hydroxyl groups is 1. The Labute approximate surface area is 77.1 Å². The van der Waals surface area contributed by atoms with E-state index in [1.807, 2.05) is 0 Å². The molecule has 0 unspecified atom stereocenters. The Kier molecular flexibility index (Phi) is 2.84. The first-order valence-corrected chi connectivity index (χ1v) is 4.24. The van der Waals surface area contributed by atoms with Gasteiger partial charge in [0.15, 0.2) is 0 Å². The lowest BCUT2D eigenvalue weighted by Gasteiger charge is -2.15. The molecular weight excluding hydrogens is 168 g/mol. The first kappa shape index (κ1) is 9.94. The van der Waals surface area contributed by atoms with Gasteiger partial charge in [0, 0.05) is 19.3 Å². The normalized spacial score (nSPS) is 19.8. The van der Waals surface area contributed by atoms with E-state index in [9.17, 15) is 9.59 Å². The first-order chi connectivity index (χ1) is 6.11. The van der Waals surface area contributed by atoms with E-state index in [-0.39, 0.29) is 24.6 Å². The van der Waals surface area contributed by atoms with Crippen molar-refractivity contribution in [1.29, 1.82) is 0 Å². The summed E-state index contributed by atoms with van der Waals surface area (Å²) in [5.41, 5.74) is -0.901. The Balaban J connectivity index is 2.74. The molecule has 1 N–H and O–H groups in total. The number of hydrogen-bond acceptors (Lipinski definition) is 3. The van der Waals surface area contributed by atoms with Gasteiger partial charge in [-0.15, -0.1) is 0 Å². The van der Waals surface area contributed by atoms with Gasteiger partial charge < -0.3 is 5.11 Å². The van der Waals surface area contributed by atoms with Crippen LogP contribution in [0.4, 0.5) is 0 Å². The van der Waals surface area contributed by atoms with Gasteiger partial charge in [0.1, 0.15) is 18.2 Å². The van der Waals surface area contributed by atoms with Gasteiger partial charge in [-0.2, -0.15) is 0 Å². The fourth-order valence-corrected chi connectivity index (χ4v) is 1.43. The van der Waals surface area contributed by atoms with Crippen LogP contribution in [-0.4, -0.2) is 23.3 Å². The van der Waals surface area contributed by atoms with Crippen molar-refractivity contribution >= 4 is 11.6 Å². The Morgan fingerprint density at radius 1 is 1.31 bits per heavy atom. The van der Waals surface area contributed by atoms with Gasteiger partial charge in [-0.3, -0.25) is 9.59 Å². The summed E-state index contributed by atoms with van der Waals surface area (Å²) in [6, 6.07) is 0. The molecule has 1 fully saturated rings. The highest BCUT2D eigenvalue weighted by molar-refractivity contribution is 6.12. The fraction of sp³-hybridized carbons (Fsp3) is 0.600. The van der Waals surface area contributed by atoms with Crippen molar-refractivity contribution in [2.75, 3.05) is 6.61 Å². The summed E-state index contributed by atoms with van der Waals surface area (Å²) in [6.07, 6.45) is 0.928. The van der Waals surface area contributed by atoms with Crippen molar-refractivity contribution < 1.29 is 14.7 Å². The summed E-state index contributed by atoms with van der Waals surface area (Å²) in [4.78, 5) is 22.7. The minimum Gasteiger partial charge on any atom is -0.384 e. The zero-order valence-electron chi connectivity index (χ0n) is 7.59. The zero-order chi connectivity index (χ0) is 9.90. The minimum atomic E-state index is -0.901. The predicted molar refractivity (Wildman–Crippen MR) is 46.8 cm³/mol. The second-order valence-electron chi connectivity index (χ2n) is 3.37. The van der Waals surface area contributed by atoms with E-state index in [0.29, 0.717) is 12.8 Å². The highest BCUT2D eigenvalue weighted by Gasteiger charge is 2.44. The molecule has 0 heterocycles. The third-order valence-electron chi connectivity index (χ3n) is 2.46. The standard InChI is InChI=1S/C10H12O3/c1-10(6-2-3-7-11)8(12)4-5-9(10)13/h11H,4-7H2,1H3. The summed E-state index contributed by atoms with van der Waals surface area (Å²) in [7, 11) is 0. The van der Waals surface area contributed by atoms with E-state index in [0.717, 1.165) is 0 Å². The second-order valence-corrected chi connectivity index (χ2v) is 3.37. The number of hydrogen-bond donors (Lipinski definition) is 1. The topological polar surface area (TPSA) is 54.4 Å². The summed E-state index contributed by atoms with van der Waals surface area (Å²) in [5.74, 6) is 5.03. The van der Waals surface area contributed by atoms with Crippen LogP contribution in [0.15, 0.2) is 0 Å². The average Bonchev–Trinajstić information content (AvgIpc) is 2.35. The largest absolute Gasteiger partial charge is 0.384 e. The molecule has 1 saturated carbocycles. The van der Waals surface area contributed by atoms with Crippen LogP contribution in [0.1, 0.15) is 26.2 Å². The fourth-order valence-electron chi connectivity index (χ4n) is 1.43. The van der Waals surface area contributed by atoms with Gasteiger partial charge in [-0.1, -0.05) is 11.8 Å². The summed E-state index contributed by atoms with van der Waals surface area (Å²) in [5, 5.41) is 8.41. The number of aliphatic hydroxyl groups excluding tert-OH is 1. The van der Waals surface area contributed by atoms with Crippen LogP contribution in [0, 0.1) is 17.3 Å². The molecule has 13 heavy (non-hydrogen) atoms. The van der Waals surface area contributed by atoms with Gasteiger partial charge >= 0.3 is 0 Å². The molecule has 3 nitrogen and oxygen atoms in total. The van der Waals surface area contributed by atoms with E-state index in [2.05, 4.69) is 11.8 Å². The highest BCUT2D eigenvalue weighted by atomic mass is 16.2. The van der Waals surface area contributed by atoms with Crippen LogP contribution in [0.2, 0.25) is 0 Å². The van der Waals surface area contributed by atoms with Gasteiger partial charge in [-0.25, -0.2) is 0 Å². The average molecular weight is 180 g/mol. The lowest BCUT2D eigenvalue weighted by Crippen LogP contribution is -2.28. The molecule has 0 aliphatic heterocycles. The SMILES string of the molecule is CC1(CC#CCO)C(=O)CCC1=O. The molecule has 0 aromatic carbocycles. The number of rotatable bonds is 1. The number of Topliss-reactive ketones (excluding diaryl/α,β-unsaturated/α-hetero) is 2. The smallest absolute Gasteiger partial charge is 0.147 e. The molecule has 0 bridgehead atoms. The first-order valence-electron chi connectivity index (χ1n) is 4.24. The van der Waals surface area contributed by atoms with Crippen molar-refractivity contribution in [2.45, 2.75) is 26.2 Å². The maximum absolute atomic E-state index is 11.3. The van der Waals surface area contributed by atoms with Crippen LogP contribution < -0.4 is 0 Å².